The van der Waals surface area contributed by atoms with Crippen molar-refractivity contribution in [3.05, 3.63) is 23.8 Å². The molecule has 21 heavy (non-hydrogen) atoms. The second-order valence-corrected chi connectivity index (χ2v) is 5.98. The number of hydrogen-bond acceptors (Lipinski definition) is 3. The molecule has 0 bridgehead atoms. The van der Waals surface area contributed by atoms with Gasteiger partial charge in [0.05, 0.1) is 14.2 Å². The van der Waals surface area contributed by atoms with Gasteiger partial charge in [-0.3, -0.25) is 4.79 Å². The first kappa shape index (κ1) is 15.7. The Morgan fingerprint density at radius 2 is 1.90 bits per heavy atom. The van der Waals surface area contributed by atoms with Gasteiger partial charge in [0.15, 0.2) is 11.5 Å². The van der Waals surface area contributed by atoms with Gasteiger partial charge in [0, 0.05) is 18.2 Å². The number of methoxy groups -OCH3 is 2. The fraction of sp³-hybridized carbons (Fsp3) is 0.588. The number of carbonyl (C=O) groups excluding carboxylic acids is 1. The lowest BCUT2D eigenvalue weighted by Gasteiger charge is -2.24. The Morgan fingerprint density at radius 1 is 1.24 bits per heavy atom. The first-order valence-corrected chi connectivity index (χ1v) is 7.59. The summed E-state index contributed by atoms with van der Waals surface area (Å²) < 4.78 is 10.5. The molecule has 4 nitrogen and oxygen atoms in total. The maximum Gasteiger partial charge on any atom is 0.254 e. The molecule has 1 saturated carbocycles. The summed E-state index contributed by atoms with van der Waals surface area (Å²) >= 11 is 0. The van der Waals surface area contributed by atoms with Gasteiger partial charge in [-0.1, -0.05) is 13.8 Å². The summed E-state index contributed by atoms with van der Waals surface area (Å²) in [6, 6.07) is 5.80. The van der Waals surface area contributed by atoms with Crippen LogP contribution in [0.15, 0.2) is 18.2 Å². The second kappa shape index (κ2) is 6.83. The van der Waals surface area contributed by atoms with Crippen molar-refractivity contribution in [2.45, 2.75) is 39.2 Å². The first-order chi connectivity index (χ1) is 10.1. The van der Waals surface area contributed by atoms with Gasteiger partial charge in [0.1, 0.15) is 0 Å². The minimum atomic E-state index is 0.0964. The molecule has 0 saturated heterocycles. The van der Waals surface area contributed by atoms with E-state index in [0.717, 1.165) is 25.8 Å². The summed E-state index contributed by atoms with van der Waals surface area (Å²) in [5.41, 5.74) is 0.670. The molecule has 0 unspecified atom stereocenters. The average Bonchev–Trinajstić information content (AvgIpc) is 3.31. The zero-order valence-corrected chi connectivity index (χ0v) is 13.4. The smallest absolute Gasteiger partial charge is 0.254 e. The van der Waals surface area contributed by atoms with E-state index in [1.54, 1.807) is 26.4 Å². The van der Waals surface area contributed by atoms with Crippen LogP contribution in [0.2, 0.25) is 0 Å². The van der Waals surface area contributed by atoms with Gasteiger partial charge in [-0.15, -0.1) is 0 Å². The van der Waals surface area contributed by atoms with Crippen molar-refractivity contribution in [2.24, 2.45) is 5.92 Å². The van der Waals surface area contributed by atoms with Crippen LogP contribution in [-0.4, -0.2) is 37.6 Å². The predicted molar refractivity (Wildman–Crippen MR) is 83.1 cm³/mol. The van der Waals surface area contributed by atoms with E-state index in [-0.39, 0.29) is 5.91 Å². The summed E-state index contributed by atoms with van der Waals surface area (Å²) in [6.07, 6.45) is 3.28. The van der Waals surface area contributed by atoms with Crippen LogP contribution >= 0.6 is 0 Å². The Kier molecular flexibility index (Phi) is 5.10. The van der Waals surface area contributed by atoms with Gasteiger partial charge >= 0.3 is 0 Å². The Morgan fingerprint density at radius 3 is 2.43 bits per heavy atom. The van der Waals surface area contributed by atoms with Crippen molar-refractivity contribution in [1.29, 1.82) is 0 Å². The van der Waals surface area contributed by atoms with E-state index in [1.165, 1.54) is 0 Å². The molecule has 0 heterocycles. The lowest BCUT2D eigenvalue weighted by Crippen LogP contribution is -2.34. The maximum absolute atomic E-state index is 12.7. The van der Waals surface area contributed by atoms with Crippen LogP contribution in [0.3, 0.4) is 0 Å². The van der Waals surface area contributed by atoms with Crippen LogP contribution < -0.4 is 9.47 Å². The molecule has 1 amide bonds. The molecule has 0 radical (unpaired) electrons. The number of amides is 1. The van der Waals surface area contributed by atoms with Crippen molar-refractivity contribution in [1.82, 2.24) is 4.90 Å². The average molecular weight is 291 g/mol. The zero-order valence-electron chi connectivity index (χ0n) is 13.4. The summed E-state index contributed by atoms with van der Waals surface area (Å²) in [4.78, 5) is 14.8. The van der Waals surface area contributed by atoms with Gasteiger partial charge < -0.3 is 14.4 Å². The predicted octanol–water partition coefficient (Wildman–Crippen LogP) is 3.35. The molecule has 0 aliphatic heterocycles. The lowest BCUT2D eigenvalue weighted by atomic mass is 10.1. The summed E-state index contributed by atoms with van der Waals surface area (Å²) in [6.45, 7) is 5.20. The number of benzene rings is 1. The lowest BCUT2D eigenvalue weighted by molar-refractivity contribution is 0.0735. The number of rotatable bonds is 7. The number of ether oxygens (including phenoxy) is 2. The van der Waals surface area contributed by atoms with Crippen molar-refractivity contribution in [2.75, 3.05) is 20.8 Å². The third-order valence-electron chi connectivity index (χ3n) is 3.83. The highest BCUT2D eigenvalue weighted by atomic mass is 16.5. The van der Waals surface area contributed by atoms with Gasteiger partial charge in [-0.05, 0) is 43.4 Å². The first-order valence-electron chi connectivity index (χ1n) is 7.59. The third-order valence-corrected chi connectivity index (χ3v) is 3.83. The van der Waals surface area contributed by atoms with E-state index < -0.39 is 0 Å². The van der Waals surface area contributed by atoms with Crippen LogP contribution in [0, 0.1) is 5.92 Å². The fourth-order valence-electron chi connectivity index (χ4n) is 2.37. The van der Waals surface area contributed by atoms with Gasteiger partial charge in [0.25, 0.3) is 5.91 Å². The summed E-state index contributed by atoms with van der Waals surface area (Å²) in [5, 5.41) is 0. The highest BCUT2D eigenvalue weighted by Crippen LogP contribution is 2.32. The second-order valence-electron chi connectivity index (χ2n) is 5.98. The molecule has 1 aliphatic rings. The molecule has 2 rings (SSSR count). The molecule has 1 aromatic rings. The standard InChI is InChI=1S/C17H25NO3/c1-12(2)9-10-18(14-6-7-14)17(19)13-5-8-15(20-3)16(11-13)21-4/h5,8,11-12,14H,6-7,9-10H2,1-4H3. The minimum absolute atomic E-state index is 0.0964. The Labute approximate surface area is 127 Å². The third kappa shape index (κ3) is 3.90. The largest absolute Gasteiger partial charge is 0.493 e. The number of nitrogens with zero attached hydrogens (tertiary/aromatic N) is 1. The SMILES string of the molecule is COc1ccc(C(=O)N(CCC(C)C)C2CC2)cc1OC. The molecule has 1 aliphatic carbocycles. The van der Waals surface area contributed by atoms with E-state index >= 15 is 0 Å². The molecule has 0 aromatic heterocycles. The Bertz CT molecular complexity index is 495. The van der Waals surface area contributed by atoms with Crippen molar-refractivity contribution >= 4 is 5.91 Å². The minimum Gasteiger partial charge on any atom is -0.493 e. The summed E-state index contributed by atoms with van der Waals surface area (Å²) in [7, 11) is 3.18. The monoisotopic (exact) mass is 291 g/mol. The molecular weight excluding hydrogens is 266 g/mol. The van der Waals surface area contributed by atoms with Crippen LogP contribution in [0.5, 0.6) is 11.5 Å². The van der Waals surface area contributed by atoms with Crippen molar-refractivity contribution < 1.29 is 14.3 Å². The van der Waals surface area contributed by atoms with E-state index in [1.807, 2.05) is 11.0 Å². The molecule has 0 N–H and O–H groups in total. The Hall–Kier alpha value is -1.71. The maximum atomic E-state index is 12.7. The van der Waals surface area contributed by atoms with Crippen LogP contribution in [0.25, 0.3) is 0 Å². The molecule has 116 valence electrons. The van der Waals surface area contributed by atoms with E-state index in [4.69, 9.17) is 9.47 Å². The quantitative estimate of drug-likeness (QED) is 0.773. The molecule has 0 spiro atoms. The molecule has 1 aromatic carbocycles. The van der Waals surface area contributed by atoms with E-state index in [0.29, 0.717) is 29.0 Å². The van der Waals surface area contributed by atoms with Gasteiger partial charge in [-0.25, -0.2) is 0 Å². The number of carbonyl (C=O) groups is 1. The van der Waals surface area contributed by atoms with Crippen molar-refractivity contribution in [3.63, 3.8) is 0 Å². The topological polar surface area (TPSA) is 38.8 Å². The van der Waals surface area contributed by atoms with Crippen LogP contribution in [0.1, 0.15) is 43.5 Å². The van der Waals surface area contributed by atoms with Gasteiger partial charge in [0.2, 0.25) is 0 Å². The zero-order chi connectivity index (χ0) is 15.4. The fourth-order valence-corrected chi connectivity index (χ4v) is 2.37. The molecule has 4 heteroatoms. The van der Waals surface area contributed by atoms with Crippen LogP contribution in [-0.2, 0) is 0 Å². The molecule has 1 fully saturated rings. The number of hydrogen-bond donors (Lipinski definition) is 0. The highest BCUT2D eigenvalue weighted by molar-refractivity contribution is 5.95. The van der Waals surface area contributed by atoms with E-state index in [9.17, 15) is 4.79 Å². The van der Waals surface area contributed by atoms with Gasteiger partial charge in [-0.2, -0.15) is 0 Å². The highest BCUT2D eigenvalue weighted by Gasteiger charge is 2.33. The van der Waals surface area contributed by atoms with E-state index in [2.05, 4.69) is 13.8 Å². The molecular formula is C17H25NO3. The molecule has 0 atom stereocenters. The van der Waals surface area contributed by atoms with Crippen LogP contribution in [0.4, 0.5) is 0 Å². The van der Waals surface area contributed by atoms with Crippen molar-refractivity contribution in [3.8, 4) is 11.5 Å². The summed E-state index contributed by atoms with van der Waals surface area (Å²) in [5.74, 6) is 1.95. The normalized spacial score (nSPS) is 14.1. The Balaban J connectivity index is 2.16.